The highest BCUT2D eigenvalue weighted by molar-refractivity contribution is 7.91. The van der Waals surface area contributed by atoms with Gasteiger partial charge in [0.2, 0.25) is 5.91 Å². The number of sulfone groups is 1. The maximum absolute atomic E-state index is 13.3. The van der Waals surface area contributed by atoms with Gasteiger partial charge in [-0.15, -0.1) is 0 Å². The number of aryl methyl sites for hydroxylation is 1. The maximum Gasteiger partial charge on any atom is 0.230 e. The molecule has 4 aromatic rings. The topological polar surface area (TPSA) is 89.5 Å². The molecule has 2 aromatic carbocycles. The number of anilines is 1. The number of carbonyl (C=O) groups is 1. The smallest absolute Gasteiger partial charge is 0.230 e. The van der Waals surface area contributed by atoms with Gasteiger partial charge < -0.3 is 4.74 Å². The van der Waals surface area contributed by atoms with Crippen LogP contribution in [0.5, 0.6) is 5.75 Å². The number of thiazole rings is 1. The number of carbonyl (C=O) groups excluding carboxylic acids is 1. The zero-order chi connectivity index (χ0) is 24.1. The van der Waals surface area contributed by atoms with Crippen LogP contribution in [0.1, 0.15) is 24.5 Å². The van der Waals surface area contributed by atoms with Crippen LogP contribution >= 0.6 is 11.3 Å². The molecular formula is C25H25N3O4S2. The van der Waals surface area contributed by atoms with Crippen LogP contribution in [0, 0.1) is 0 Å². The second-order valence-corrected chi connectivity index (χ2v) is 10.9. The minimum Gasteiger partial charge on any atom is -0.497 e. The normalized spacial score (nSPS) is 11.5. The van der Waals surface area contributed by atoms with Gasteiger partial charge in [0.05, 0.1) is 34.5 Å². The van der Waals surface area contributed by atoms with E-state index in [0.29, 0.717) is 10.9 Å². The first-order chi connectivity index (χ1) is 16.4. The molecule has 0 atom stereocenters. The van der Waals surface area contributed by atoms with Crippen molar-refractivity contribution in [3.8, 4) is 5.75 Å². The Balaban J connectivity index is 1.58. The number of hydrogen-bond donors (Lipinski definition) is 0. The number of ether oxygens (including phenoxy) is 1. The van der Waals surface area contributed by atoms with Crippen molar-refractivity contribution < 1.29 is 17.9 Å². The van der Waals surface area contributed by atoms with Gasteiger partial charge in [0, 0.05) is 18.8 Å². The molecule has 0 unspecified atom stereocenters. The van der Waals surface area contributed by atoms with Crippen molar-refractivity contribution in [3.05, 3.63) is 78.1 Å². The fourth-order valence-corrected chi connectivity index (χ4v) is 5.76. The lowest BCUT2D eigenvalue weighted by Crippen LogP contribution is -2.31. The zero-order valence-electron chi connectivity index (χ0n) is 19.0. The molecule has 2 heterocycles. The van der Waals surface area contributed by atoms with Crippen LogP contribution in [-0.2, 0) is 27.6 Å². The van der Waals surface area contributed by atoms with Gasteiger partial charge in [-0.05, 0) is 66.1 Å². The Morgan fingerprint density at radius 1 is 1.03 bits per heavy atom. The molecule has 0 spiro atoms. The summed E-state index contributed by atoms with van der Waals surface area (Å²) < 4.78 is 31.7. The molecule has 4 rings (SSSR count). The summed E-state index contributed by atoms with van der Waals surface area (Å²) in [5, 5.41) is 0.548. The van der Waals surface area contributed by atoms with Crippen LogP contribution in [0.4, 0.5) is 5.13 Å². The number of rotatable bonds is 9. The summed E-state index contributed by atoms with van der Waals surface area (Å²) in [5.74, 6) is -0.0279. The number of nitrogens with zero attached hydrogens (tertiary/aromatic N) is 3. The lowest BCUT2D eigenvalue weighted by molar-refractivity contribution is -0.118. The third kappa shape index (κ3) is 5.43. The average molecular weight is 496 g/mol. The lowest BCUT2D eigenvalue weighted by atomic mass is 10.2. The van der Waals surface area contributed by atoms with Gasteiger partial charge in [0.25, 0.3) is 0 Å². The molecule has 0 fully saturated rings. The van der Waals surface area contributed by atoms with Gasteiger partial charge in [-0.3, -0.25) is 14.7 Å². The quantitative estimate of drug-likeness (QED) is 0.336. The fourth-order valence-electron chi connectivity index (χ4n) is 3.48. The Morgan fingerprint density at radius 2 is 1.76 bits per heavy atom. The predicted octanol–water partition coefficient (Wildman–Crippen LogP) is 4.66. The molecule has 7 nitrogen and oxygen atoms in total. The molecule has 0 aliphatic rings. The van der Waals surface area contributed by atoms with Crippen molar-refractivity contribution >= 4 is 42.4 Å². The molecule has 0 aliphatic heterocycles. The first-order valence-corrected chi connectivity index (χ1v) is 13.3. The number of aromatic nitrogens is 2. The van der Waals surface area contributed by atoms with Crippen LogP contribution in [0.25, 0.3) is 10.2 Å². The molecule has 0 radical (unpaired) electrons. The Kier molecular flexibility index (Phi) is 7.23. The third-order valence-corrected chi connectivity index (χ3v) is 8.25. The maximum atomic E-state index is 13.3. The van der Waals surface area contributed by atoms with E-state index in [0.717, 1.165) is 22.2 Å². The highest BCUT2D eigenvalue weighted by Crippen LogP contribution is 2.31. The number of methoxy groups -OCH3 is 1. The molecular weight excluding hydrogens is 470 g/mol. The highest BCUT2D eigenvalue weighted by Gasteiger charge is 2.24. The number of benzene rings is 2. The number of hydrogen-bond acceptors (Lipinski definition) is 7. The van der Waals surface area contributed by atoms with Crippen molar-refractivity contribution in [1.29, 1.82) is 0 Å². The standard InChI is InChI=1S/C25H25N3O4S2/c1-3-18-4-9-22-23(16-18)33-25(27-22)28(17-19-10-13-26-14-11-19)24(29)12-15-34(30,31)21-7-5-20(32-2)6-8-21/h4-11,13-14,16H,3,12,15,17H2,1-2H3. The van der Waals surface area contributed by atoms with Crippen LogP contribution in [-0.4, -0.2) is 37.2 Å². The first kappa shape index (κ1) is 23.8. The summed E-state index contributed by atoms with van der Waals surface area (Å²) in [6.45, 7) is 2.37. The second-order valence-electron chi connectivity index (χ2n) is 7.73. The van der Waals surface area contributed by atoms with Crippen molar-refractivity contribution in [2.24, 2.45) is 0 Å². The lowest BCUT2D eigenvalue weighted by Gasteiger charge is -2.20. The van der Waals surface area contributed by atoms with E-state index in [2.05, 4.69) is 23.0 Å². The Labute approximate surface area is 203 Å². The third-order valence-electron chi connectivity index (χ3n) is 5.48. The summed E-state index contributed by atoms with van der Waals surface area (Å²) in [5.41, 5.74) is 2.89. The zero-order valence-corrected chi connectivity index (χ0v) is 20.6. The summed E-state index contributed by atoms with van der Waals surface area (Å²) >= 11 is 1.43. The monoisotopic (exact) mass is 495 g/mol. The van der Waals surface area contributed by atoms with E-state index in [4.69, 9.17) is 4.74 Å². The second kappa shape index (κ2) is 10.3. The molecule has 0 aliphatic carbocycles. The van der Waals surface area contributed by atoms with Gasteiger partial charge in [-0.1, -0.05) is 24.3 Å². The van der Waals surface area contributed by atoms with Gasteiger partial charge in [0.15, 0.2) is 15.0 Å². The summed E-state index contributed by atoms with van der Waals surface area (Å²) in [7, 11) is -2.11. The molecule has 0 saturated heterocycles. The van der Waals surface area contributed by atoms with Gasteiger partial charge in [-0.2, -0.15) is 0 Å². The predicted molar refractivity (Wildman–Crippen MR) is 134 cm³/mol. The minimum atomic E-state index is -3.63. The van der Waals surface area contributed by atoms with E-state index in [-0.39, 0.29) is 29.5 Å². The number of amides is 1. The molecule has 9 heteroatoms. The van der Waals surface area contributed by atoms with Crippen molar-refractivity contribution in [2.75, 3.05) is 17.8 Å². The largest absolute Gasteiger partial charge is 0.497 e. The van der Waals surface area contributed by atoms with Gasteiger partial charge >= 0.3 is 0 Å². The molecule has 34 heavy (non-hydrogen) atoms. The van der Waals surface area contributed by atoms with Gasteiger partial charge in [0.1, 0.15) is 5.75 Å². The van der Waals surface area contributed by atoms with E-state index in [9.17, 15) is 13.2 Å². The number of pyridine rings is 1. The summed E-state index contributed by atoms with van der Waals surface area (Å²) in [6, 6.07) is 15.9. The van der Waals surface area contributed by atoms with E-state index in [1.807, 2.05) is 24.3 Å². The van der Waals surface area contributed by atoms with E-state index >= 15 is 0 Å². The number of fused-ring (bicyclic) bond motifs is 1. The minimum absolute atomic E-state index is 0.157. The highest BCUT2D eigenvalue weighted by atomic mass is 32.2. The van der Waals surface area contributed by atoms with E-state index < -0.39 is 9.84 Å². The summed E-state index contributed by atoms with van der Waals surface area (Å²) in [4.78, 5) is 23.8. The molecule has 176 valence electrons. The first-order valence-electron chi connectivity index (χ1n) is 10.8. The van der Waals surface area contributed by atoms with Crippen LogP contribution in [0.2, 0.25) is 0 Å². The SMILES string of the molecule is CCc1ccc2nc(N(Cc3ccncc3)C(=O)CCS(=O)(=O)c3ccc(OC)cc3)sc2c1. The average Bonchev–Trinajstić information content (AvgIpc) is 3.29. The van der Waals surface area contributed by atoms with Crippen molar-refractivity contribution in [2.45, 2.75) is 31.2 Å². The van der Waals surface area contributed by atoms with E-state index in [1.165, 1.54) is 36.1 Å². The van der Waals surface area contributed by atoms with Crippen LogP contribution in [0.15, 0.2) is 71.9 Å². The van der Waals surface area contributed by atoms with Crippen molar-refractivity contribution in [3.63, 3.8) is 0 Å². The Hall–Kier alpha value is -3.30. The van der Waals surface area contributed by atoms with Crippen LogP contribution < -0.4 is 9.64 Å². The summed E-state index contributed by atoms with van der Waals surface area (Å²) in [6.07, 6.45) is 4.08. The van der Waals surface area contributed by atoms with Crippen molar-refractivity contribution in [1.82, 2.24) is 9.97 Å². The molecule has 0 saturated carbocycles. The molecule has 2 aromatic heterocycles. The van der Waals surface area contributed by atoms with Gasteiger partial charge in [-0.25, -0.2) is 13.4 Å². The Morgan fingerprint density at radius 3 is 2.44 bits per heavy atom. The van der Waals surface area contributed by atoms with Crippen LogP contribution in [0.3, 0.4) is 0 Å². The van der Waals surface area contributed by atoms with E-state index in [1.54, 1.807) is 29.4 Å². The molecule has 1 amide bonds. The molecule has 0 bridgehead atoms. The Bertz CT molecular complexity index is 1380. The fraction of sp³-hybridized carbons (Fsp3) is 0.240. The molecule has 0 N–H and O–H groups in total.